The Morgan fingerprint density at radius 1 is 1.41 bits per heavy atom. The second kappa shape index (κ2) is 5.97. The summed E-state index contributed by atoms with van der Waals surface area (Å²) in [5.74, 6) is 0.943. The van der Waals surface area contributed by atoms with Crippen LogP contribution in [0.15, 0.2) is 4.79 Å². The van der Waals surface area contributed by atoms with Crippen LogP contribution >= 0.6 is 0 Å². The van der Waals surface area contributed by atoms with Crippen molar-refractivity contribution in [3.63, 3.8) is 0 Å². The van der Waals surface area contributed by atoms with Gasteiger partial charge in [0.25, 0.3) is 0 Å². The minimum atomic E-state index is 0.0354. The number of hydrogen-bond donors (Lipinski definition) is 1. The average Bonchev–Trinajstić information content (AvgIpc) is 2.67. The van der Waals surface area contributed by atoms with Crippen molar-refractivity contribution in [2.45, 2.75) is 32.4 Å². The highest BCUT2D eigenvalue weighted by Gasteiger charge is 2.15. The van der Waals surface area contributed by atoms with E-state index in [1.54, 1.807) is 16.4 Å². The molecule has 1 aliphatic rings. The van der Waals surface area contributed by atoms with Crippen molar-refractivity contribution in [3.05, 3.63) is 16.3 Å². The van der Waals surface area contributed by atoms with Gasteiger partial charge in [-0.3, -0.25) is 4.57 Å². The van der Waals surface area contributed by atoms with Crippen LogP contribution in [0.4, 0.5) is 0 Å². The van der Waals surface area contributed by atoms with E-state index in [0.29, 0.717) is 13.2 Å². The van der Waals surface area contributed by atoms with Gasteiger partial charge in [-0.1, -0.05) is 0 Å². The van der Waals surface area contributed by atoms with Gasteiger partial charge in [0.1, 0.15) is 5.82 Å². The highest BCUT2D eigenvalue weighted by Crippen LogP contribution is 2.08. The van der Waals surface area contributed by atoms with Crippen molar-refractivity contribution in [2.75, 3.05) is 26.8 Å². The topological polar surface area (TPSA) is 61.1 Å². The van der Waals surface area contributed by atoms with Crippen molar-refractivity contribution in [3.8, 4) is 0 Å². The fourth-order valence-corrected chi connectivity index (χ4v) is 2.08. The molecular formula is C11H20N4O2. The predicted octanol–water partition coefficient (Wildman–Crippen LogP) is -0.383. The Labute approximate surface area is 101 Å². The number of rotatable bonds is 6. The third-order valence-corrected chi connectivity index (χ3v) is 3.01. The number of aromatic nitrogens is 3. The van der Waals surface area contributed by atoms with E-state index in [2.05, 4.69) is 10.4 Å². The van der Waals surface area contributed by atoms with Crippen LogP contribution in [-0.2, 0) is 24.2 Å². The van der Waals surface area contributed by atoms with Gasteiger partial charge in [-0.15, -0.1) is 0 Å². The third kappa shape index (κ3) is 2.95. The molecule has 0 unspecified atom stereocenters. The van der Waals surface area contributed by atoms with Crippen LogP contribution in [0.3, 0.4) is 0 Å². The van der Waals surface area contributed by atoms with Crippen LogP contribution in [0, 0.1) is 0 Å². The summed E-state index contributed by atoms with van der Waals surface area (Å²) in [6.45, 7) is 3.70. The van der Waals surface area contributed by atoms with Crippen molar-refractivity contribution < 1.29 is 4.74 Å². The van der Waals surface area contributed by atoms with Gasteiger partial charge in [-0.05, 0) is 12.8 Å². The zero-order chi connectivity index (χ0) is 12.1. The third-order valence-electron chi connectivity index (χ3n) is 3.01. The molecule has 0 fully saturated rings. The predicted molar refractivity (Wildman–Crippen MR) is 64.2 cm³/mol. The second-order valence-corrected chi connectivity index (χ2v) is 4.27. The molecule has 1 aromatic rings. The summed E-state index contributed by atoms with van der Waals surface area (Å²) in [4.78, 5) is 11.9. The molecule has 0 saturated heterocycles. The Morgan fingerprint density at radius 2 is 2.29 bits per heavy atom. The zero-order valence-corrected chi connectivity index (χ0v) is 10.3. The van der Waals surface area contributed by atoms with E-state index in [4.69, 9.17) is 4.74 Å². The van der Waals surface area contributed by atoms with Crippen molar-refractivity contribution >= 4 is 0 Å². The molecule has 2 rings (SSSR count). The lowest BCUT2D eigenvalue weighted by atomic mass is 10.2. The van der Waals surface area contributed by atoms with Crippen LogP contribution < -0.4 is 11.0 Å². The lowest BCUT2D eigenvalue weighted by Crippen LogP contribution is -2.31. The van der Waals surface area contributed by atoms with Gasteiger partial charge in [0, 0.05) is 33.2 Å². The average molecular weight is 240 g/mol. The van der Waals surface area contributed by atoms with E-state index in [1.807, 2.05) is 0 Å². The number of ether oxygens (including phenoxy) is 1. The smallest absolute Gasteiger partial charge is 0.345 e. The summed E-state index contributed by atoms with van der Waals surface area (Å²) < 4.78 is 8.31. The molecule has 0 atom stereocenters. The lowest BCUT2D eigenvalue weighted by Gasteiger charge is -2.09. The molecule has 0 radical (unpaired) electrons. The molecule has 2 heterocycles. The summed E-state index contributed by atoms with van der Waals surface area (Å²) >= 11 is 0. The van der Waals surface area contributed by atoms with Gasteiger partial charge >= 0.3 is 5.69 Å². The van der Waals surface area contributed by atoms with E-state index in [0.717, 1.165) is 44.7 Å². The van der Waals surface area contributed by atoms with Crippen molar-refractivity contribution in [1.82, 2.24) is 19.7 Å². The molecule has 1 N–H and O–H groups in total. The van der Waals surface area contributed by atoms with Crippen LogP contribution in [0.1, 0.15) is 18.7 Å². The summed E-state index contributed by atoms with van der Waals surface area (Å²) in [5.41, 5.74) is 0.0354. The molecule has 6 heteroatoms. The van der Waals surface area contributed by atoms with Gasteiger partial charge in [0.15, 0.2) is 0 Å². The van der Waals surface area contributed by atoms with E-state index in [9.17, 15) is 4.79 Å². The number of fused-ring (bicyclic) bond motifs is 1. The number of methoxy groups -OCH3 is 1. The Bertz CT molecular complexity index is 410. The fourth-order valence-electron chi connectivity index (χ4n) is 2.08. The largest absolute Gasteiger partial charge is 0.383 e. The molecule has 0 amide bonds. The van der Waals surface area contributed by atoms with E-state index < -0.39 is 0 Å². The van der Waals surface area contributed by atoms with Crippen molar-refractivity contribution in [1.29, 1.82) is 0 Å². The molecule has 17 heavy (non-hydrogen) atoms. The minimum absolute atomic E-state index is 0.0354. The molecule has 96 valence electrons. The zero-order valence-electron chi connectivity index (χ0n) is 10.3. The minimum Gasteiger partial charge on any atom is -0.383 e. The van der Waals surface area contributed by atoms with E-state index in [1.165, 1.54) is 0 Å². The van der Waals surface area contributed by atoms with Gasteiger partial charge in [-0.25, -0.2) is 9.48 Å². The molecule has 1 aromatic heterocycles. The van der Waals surface area contributed by atoms with Gasteiger partial charge in [-0.2, -0.15) is 5.10 Å². The molecule has 0 spiro atoms. The number of nitrogens with one attached hydrogen (secondary N) is 1. The van der Waals surface area contributed by atoms with E-state index in [-0.39, 0.29) is 5.69 Å². The normalized spacial score (nSPS) is 14.9. The molecule has 0 saturated carbocycles. The van der Waals surface area contributed by atoms with E-state index >= 15 is 0 Å². The first-order valence-electron chi connectivity index (χ1n) is 6.19. The summed E-state index contributed by atoms with van der Waals surface area (Å²) in [5, 5.41) is 7.57. The van der Waals surface area contributed by atoms with Gasteiger partial charge in [0.2, 0.25) is 0 Å². The fraction of sp³-hybridized carbons (Fsp3) is 0.818. The highest BCUT2D eigenvalue weighted by molar-refractivity contribution is 4.91. The quantitative estimate of drug-likeness (QED) is 0.688. The lowest BCUT2D eigenvalue weighted by molar-refractivity contribution is 0.199. The Morgan fingerprint density at radius 3 is 3.06 bits per heavy atom. The van der Waals surface area contributed by atoms with Crippen LogP contribution in [0.5, 0.6) is 0 Å². The van der Waals surface area contributed by atoms with Crippen LogP contribution in [-0.4, -0.2) is 41.2 Å². The molecule has 0 bridgehead atoms. The van der Waals surface area contributed by atoms with Crippen molar-refractivity contribution in [2.24, 2.45) is 0 Å². The number of hydrogen-bond acceptors (Lipinski definition) is 4. The van der Waals surface area contributed by atoms with Crippen LogP contribution in [0.2, 0.25) is 0 Å². The Balaban J connectivity index is 1.88. The Hall–Kier alpha value is -1.14. The van der Waals surface area contributed by atoms with Crippen LogP contribution in [0.25, 0.3) is 0 Å². The van der Waals surface area contributed by atoms with Gasteiger partial charge in [0.05, 0.1) is 13.2 Å². The Kier molecular flexibility index (Phi) is 4.33. The van der Waals surface area contributed by atoms with Gasteiger partial charge < -0.3 is 10.1 Å². The molecule has 6 nitrogen and oxygen atoms in total. The highest BCUT2D eigenvalue weighted by atomic mass is 16.5. The molecular weight excluding hydrogens is 220 g/mol. The monoisotopic (exact) mass is 240 g/mol. The number of nitrogens with zero attached hydrogens (tertiary/aromatic N) is 3. The first-order chi connectivity index (χ1) is 8.33. The number of aryl methyl sites for hydroxylation is 1. The summed E-state index contributed by atoms with van der Waals surface area (Å²) in [7, 11) is 1.68. The first kappa shape index (κ1) is 12.3. The first-order valence-corrected chi connectivity index (χ1v) is 6.19. The second-order valence-electron chi connectivity index (χ2n) is 4.27. The molecule has 1 aliphatic heterocycles. The summed E-state index contributed by atoms with van der Waals surface area (Å²) in [6.07, 6.45) is 3.16. The summed E-state index contributed by atoms with van der Waals surface area (Å²) in [6, 6.07) is 0. The SMILES string of the molecule is COCCNCCn1nc2n(c1=O)CCCC2. The maximum Gasteiger partial charge on any atom is 0.345 e. The molecule has 0 aromatic carbocycles. The maximum absolute atomic E-state index is 11.9. The standard InChI is InChI=1S/C11H20N4O2/c1-17-9-6-12-5-8-15-11(16)14-7-3-2-4-10(14)13-15/h12H,2-9H2,1H3. The molecule has 0 aliphatic carbocycles. The maximum atomic E-state index is 11.9.